The third kappa shape index (κ3) is 5.18. The van der Waals surface area contributed by atoms with Crippen LogP contribution >= 0.6 is 21.5 Å². The summed E-state index contributed by atoms with van der Waals surface area (Å²) in [5.41, 5.74) is 0. The van der Waals surface area contributed by atoms with Gasteiger partial charge in [0.1, 0.15) is 0 Å². The Labute approximate surface area is 54.4 Å². The van der Waals surface area contributed by atoms with Crippen LogP contribution in [0.4, 0.5) is 0 Å². The van der Waals surface area contributed by atoms with E-state index in [1.165, 1.54) is 0 Å². The van der Waals surface area contributed by atoms with Gasteiger partial charge in [-0.3, -0.25) is 0 Å². The number of rotatable bonds is 1. The molecule has 0 saturated carbocycles. The number of nitrogens with one attached hydrogen (secondary N) is 1. The molecule has 0 rings (SSSR count). The van der Waals surface area contributed by atoms with Crippen LogP contribution in [0.1, 0.15) is 0 Å². The summed E-state index contributed by atoms with van der Waals surface area (Å²) >= 11 is -2.56. The second-order valence-electron chi connectivity index (χ2n) is 0.265. The van der Waals surface area contributed by atoms with E-state index in [0.717, 1.165) is 0 Å². The van der Waals surface area contributed by atoms with E-state index in [4.69, 9.17) is 2.67 Å². The van der Waals surface area contributed by atoms with E-state index in [2.05, 4.69) is 0.471 Å². The molecule has 0 bridgehead atoms. The summed E-state index contributed by atoms with van der Waals surface area (Å²) in [6.07, 6.45) is 0. The average Bonchev–Trinajstić information content (AvgIpc) is 1.41. The zero-order chi connectivity index (χ0) is 4.12. The molecule has 0 aliphatic heterocycles. The average molecular weight is 410 g/mol. The van der Waals surface area contributed by atoms with Crippen LogP contribution in [0.5, 0.6) is 0 Å². The molecule has 28 valence electrons. The molecule has 0 aliphatic rings. The number of hydrogen-bond acceptors (Lipinski definition) is 2. The Balaban J connectivity index is 3.31. The Morgan fingerprint density at radius 2 is 2.60 bits per heavy atom. The van der Waals surface area contributed by atoms with Crippen molar-refractivity contribution in [3.05, 3.63) is 0 Å². The number of halogens is 1. The first-order valence-corrected chi connectivity index (χ1v) is 6.59. The summed E-state index contributed by atoms with van der Waals surface area (Å²) < 4.78 is 19.3. The van der Waals surface area contributed by atoms with Gasteiger partial charge in [0.15, 0.2) is 0 Å². The van der Waals surface area contributed by atoms with Crippen molar-refractivity contribution in [2.24, 2.45) is 0.471 Å². The Bertz CT molecular complexity index is 73.7. The first kappa shape index (κ1) is 6.18. The minimum absolute atomic E-state index is 1.11. The molecule has 0 aromatic carbocycles. The molecule has 0 amide bonds. The molecule has 0 fully saturated rings. The van der Waals surface area contributed by atoms with Gasteiger partial charge in [0.2, 0.25) is 0 Å². The fourth-order valence-corrected chi connectivity index (χ4v) is 1.08. The molecule has 5 heavy (non-hydrogen) atoms. The summed E-state index contributed by atoms with van der Waals surface area (Å²) in [4.78, 5) is 0. The maximum absolute atomic E-state index is 9.41. The summed E-state index contributed by atoms with van der Waals surface area (Å²) in [6.45, 7) is 0. The van der Waals surface area contributed by atoms with Crippen LogP contribution < -0.4 is 0 Å². The first-order valence-electron chi connectivity index (χ1n) is 0.797. The van der Waals surface area contributed by atoms with Gasteiger partial charge in [-0.05, 0) is 0 Å². The molecule has 0 aromatic rings. The van der Waals surface area contributed by atoms with Crippen LogP contribution in [-0.4, -0.2) is 0 Å². The second-order valence-corrected chi connectivity index (χ2v) is 6.79. The van der Waals surface area contributed by atoms with Crippen LogP contribution in [0.25, 0.3) is 0 Å². The van der Waals surface area contributed by atoms with Crippen molar-refractivity contribution >= 4 is 21.5 Å². The van der Waals surface area contributed by atoms with E-state index in [-0.39, 0.29) is 0 Å². The molecular weight excluding hydrogens is 409 g/mol. The molecule has 0 saturated heterocycles. The van der Waals surface area contributed by atoms with Gasteiger partial charge >= 0.3 is 55.1 Å². The van der Waals surface area contributed by atoms with Gasteiger partial charge < -0.3 is 0 Å². The van der Waals surface area contributed by atoms with Crippen molar-refractivity contribution < 1.29 is 30.5 Å². The molecule has 0 aromatic heterocycles. The molecular formula is HIN2OU. The van der Waals surface area contributed by atoms with Crippen LogP contribution in [0.3, 0.4) is 0 Å². The topological polar surface area (TPSA) is 53.3 Å². The second kappa shape index (κ2) is 5.18. The normalized spacial score (nSPS) is 5.60. The zero-order valence-electron chi connectivity index (χ0n) is 2.23. The van der Waals surface area contributed by atoms with Crippen LogP contribution in [-0.2, 0) is 3.07 Å². The van der Waals surface area contributed by atoms with E-state index in [9.17, 15) is 3.07 Å². The fourth-order valence-electron chi connectivity index (χ4n) is 0.0173. The summed E-state index contributed by atoms with van der Waals surface area (Å²) in [6, 6.07) is 0. The van der Waals surface area contributed by atoms with Crippen molar-refractivity contribution in [3.8, 4) is 0 Å². The third-order valence-corrected chi connectivity index (χ3v) is 4.80. The van der Waals surface area contributed by atoms with Gasteiger partial charge in [-0.2, -0.15) is 0 Å². The van der Waals surface area contributed by atoms with Crippen molar-refractivity contribution in [2.45, 2.75) is 0 Å². The summed E-state index contributed by atoms with van der Waals surface area (Å²) in [7, 11) is 0. The molecule has 5 heteroatoms. The van der Waals surface area contributed by atoms with Crippen molar-refractivity contribution in [2.75, 3.05) is 0 Å². The molecule has 0 atom stereocenters. The molecule has 1 N–H and O–H groups in total. The van der Waals surface area contributed by atoms with Gasteiger partial charge in [-0.15, -0.1) is 0 Å². The van der Waals surface area contributed by atoms with E-state index in [1.54, 1.807) is 0 Å². The predicted molar refractivity (Wildman–Crippen MR) is 19.9 cm³/mol. The van der Waals surface area contributed by atoms with Gasteiger partial charge in [0.05, 0.1) is 0 Å². The molecule has 0 spiro atoms. The van der Waals surface area contributed by atoms with Crippen LogP contribution in [0.2, 0.25) is 0 Å². The standard InChI is InChI=1S/INO.HN.U/c2-1-3;;/h;1H;. The Morgan fingerprint density at radius 3 is 2.60 bits per heavy atom. The Morgan fingerprint density at radius 1 is 2.00 bits per heavy atom. The first-order chi connectivity index (χ1) is 2.41. The van der Waals surface area contributed by atoms with E-state index < -0.39 is 48.9 Å². The predicted octanol–water partition coefficient (Wildman–Crippen LogP) is 1.25. The van der Waals surface area contributed by atoms with E-state index in [1.807, 2.05) is 0 Å². The third-order valence-electron chi connectivity index (χ3n) is 0.0768. The van der Waals surface area contributed by atoms with Crippen LogP contribution in [0.15, 0.2) is 0.471 Å². The molecule has 0 unspecified atom stereocenters. The molecule has 0 radical (unpaired) electrons. The van der Waals surface area contributed by atoms with Gasteiger partial charge in [-0.25, -0.2) is 0 Å². The molecule has 0 heterocycles. The van der Waals surface area contributed by atoms with Crippen molar-refractivity contribution in [3.63, 3.8) is 0 Å². The molecule has 3 nitrogen and oxygen atoms in total. The SMILES string of the molecule is [NH]=[U]=[N]I=O. The number of hydrogen-bond donors (Lipinski definition) is 1. The van der Waals surface area contributed by atoms with Gasteiger partial charge in [0, 0.05) is 0 Å². The van der Waals surface area contributed by atoms with Gasteiger partial charge in [0.25, 0.3) is 0 Å². The zero-order valence-corrected chi connectivity index (χ0v) is 8.55. The minimum atomic E-state index is -1.45. The summed E-state index contributed by atoms with van der Waals surface area (Å²) in [5, 5.41) is 0. The van der Waals surface area contributed by atoms with E-state index >= 15 is 0 Å². The summed E-state index contributed by atoms with van der Waals surface area (Å²) in [5.74, 6) is 0. The Hall–Kier alpha value is 1.18. The fraction of sp³-hybridized carbons (Fsp3) is 0. The monoisotopic (exact) mass is 410 g/mol. The van der Waals surface area contributed by atoms with Crippen molar-refractivity contribution in [1.29, 1.82) is 2.67 Å². The van der Waals surface area contributed by atoms with Crippen LogP contribution in [0, 0.1) is 30.1 Å². The van der Waals surface area contributed by atoms with Gasteiger partial charge in [-0.1, -0.05) is 0 Å². The maximum atomic E-state index is 9.41. The Kier molecular flexibility index (Phi) is 6.41. The quantitative estimate of drug-likeness (QED) is 0.651. The van der Waals surface area contributed by atoms with Crippen molar-refractivity contribution in [1.82, 2.24) is 0 Å². The van der Waals surface area contributed by atoms with E-state index in [0.29, 0.717) is 0 Å². The number of nitrogens with zero attached hydrogens (tertiary/aromatic N) is 1. The molecule has 0 aliphatic carbocycles.